The van der Waals surface area contributed by atoms with Gasteiger partial charge in [0.25, 0.3) is 0 Å². The van der Waals surface area contributed by atoms with Crippen molar-refractivity contribution in [1.29, 1.82) is 5.41 Å². The van der Waals surface area contributed by atoms with Gasteiger partial charge in [0, 0.05) is 11.1 Å². The first kappa shape index (κ1) is 12.4. The van der Waals surface area contributed by atoms with Crippen molar-refractivity contribution in [2.24, 2.45) is 5.73 Å². The van der Waals surface area contributed by atoms with Crippen LogP contribution in [0.4, 0.5) is 5.69 Å². The number of fused-ring (bicyclic) bond motifs is 1. The second-order valence-electron chi connectivity index (χ2n) is 3.73. The van der Waals surface area contributed by atoms with Gasteiger partial charge in [-0.3, -0.25) is 10.2 Å². The third-order valence-electron chi connectivity index (χ3n) is 2.42. The quantitative estimate of drug-likeness (QED) is 0.585. The number of amidine groups is 1. The fourth-order valence-electron chi connectivity index (χ4n) is 1.66. The largest absolute Gasteiger partial charge is 0.379 e. The molecule has 0 aliphatic rings. The molecule has 2 rings (SSSR count). The van der Waals surface area contributed by atoms with E-state index in [0.29, 0.717) is 0 Å². The maximum atomic E-state index is 11.7. The number of amides is 1. The summed E-state index contributed by atoms with van der Waals surface area (Å²) in [5, 5.41) is 11.9. The van der Waals surface area contributed by atoms with Crippen LogP contribution in [0.25, 0.3) is 10.8 Å². The molecule has 0 aliphatic carbocycles. The molecule has 0 atom stereocenters. The van der Waals surface area contributed by atoms with Crippen molar-refractivity contribution in [3.8, 4) is 0 Å². The minimum Gasteiger partial charge on any atom is -0.379 e. The molecule has 0 spiro atoms. The monoisotopic (exact) mass is 259 g/mol. The van der Waals surface area contributed by atoms with Gasteiger partial charge in [-0.2, -0.15) is 0 Å². The van der Waals surface area contributed by atoms with Crippen LogP contribution in [0, 0.1) is 5.41 Å². The van der Waals surface area contributed by atoms with E-state index in [1.807, 2.05) is 42.5 Å². The van der Waals surface area contributed by atoms with E-state index in [9.17, 15) is 4.79 Å². The molecule has 0 unspecified atom stereocenters. The molecule has 0 aromatic heterocycles. The molecule has 4 N–H and O–H groups in total. The topological polar surface area (TPSA) is 79.0 Å². The first-order valence-electron chi connectivity index (χ1n) is 5.41. The first-order chi connectivity index (χ1) is 8.66. The van der Waals surface area contributed by atoms with E-state index in [2.05, 4.69) is 5.32 Å². The van der Waals surface area contributed by atoms with Crippen LogP contribution in [0.5, 0.6) is 0 Å². The fraction of sp³-hybridized carbons (Fsp3) is 0.0769. The maximum absolute atomic E-state index is 11.7. The van der Waals surface area contributed by atoms with E-state index in [-0.39, 0.29) is 16.8 Å². The Balaban J connectivity index is 2.16. The molecule has 18 heavy (non-hydrogen) atoms. The van der Waals surface area contributed by atoms with Crippen molar-refractivity contribution in [2.45, 2.75) is 0 Å². The van der Waals surface area contributed by atoms with Gasteiger partial charge in [0.2, 0.25) is 5.91 Å². The number of rotatable bonds is 3. The van der Waals surface area contributed by atoms with E-state index >= 15 is 0 Å². The van der Waals surface area contributed by atoms with Crippen molar-refractivity contribution in [1.82, 2.24) is 0 Å². The molecule has 0 fully saturated rings. The lowest BCUT2D eigenvalue weighted by Crippen LogP contribution is -2.17. The van der Waals surface area contributed by atoms with Crippen molar-refractivity contribution in [2.75, 3.05) is 11.1 Å². The predicted octanol–water partition coefficient (Wildman–Crippen LogP) is 2.40. The Morgan fingerprint density at radius 1 is 1.22 bits per heavy atom. The number of hydrogen-bond donors (Lipinski definition) is 3. The predicted molar refractivity (Wildman–Crippen MR) is 76.9 cm³/mol. The van der Waals surface area contributed by atoms with Crippen LogP contribution in [-0.4, -0.2) is 16.8 Å². The van der Waals surface area contributed by atoms with Crippen LogP contribution in [0.3, 0.4) is 0 Å². The molecular formula is C13H13N3OS. The highest BCUT2D eigenvalue weighted by atomic mass is 32.2. The molecule has 5 heteroatoms. The molecule has 2 aromatic rings. The van der Waals surface area contributed by atoms with Crippen molar-refractivity contribution >= 4 is 39.3 Å². The van der Waals surface area contributed by atoms with Crippen LogP contribution >= 0.6 is 11.8 Å². The number of benzene rings is 2. The standard InChI is InChI=1S/C13H13N3OS/c14-13(15)18-8-12(17)16-11-7-3-5-9-4-1-2-6-10(9)11/h1-7H,8H2,(H3,14,15)(H,16,17). The molecule has 4 nitrogen and oxygen atoms in total. The van der Waals surface area contributed by atoms with E-state index in [1.165, 1.54) is 0 Å². The van der Waals surface area contributed by atoms with Gasteiger partial charge in [-0.15, -0.1) is 0 Å². The Morgan fingerprint density at radius 2 is 1.94 bits per heavy atom. The number of nitrogens with one attached hydrogen (secondary N) is 2. The van der Waals surface area contributed by atoms with Crippen LogP contribution < -0.4 is 11.1 Å². The van der Waals surface area contributed by atoms with Gasteiger partial charge in [0.05, 0.1) is 5.75 Å². The van der Waals surface area contributed by atoms with Crippen molar-refractivity contribution in [3.63, 3.8) is 0 Å². The van der Waals surface area contributed by atoms with E-state index in [4.69, 9.17) is 11.1 Å². The van der Waals surface area contributed by atoms with E-state index in [0.717, 1.165) is 28.2 Å². The zero-order chi connectivity index (χ0) is 13.0. The number of nitrogens with two attached hydrogens (primary N) is 1. The Kier molecular flexibility index (Phi) is 3.84. The number of carbonyl (C=O) groups excluding carboxylic acids is 1. The molecular weight excluding hydrogens is 246 g/mol. The summed E-state index contributed by atoms with van der Waals surface area (Å²) in [5.74, 6) is -0.00926. The lowest BCUT2D eigenvalue weighted by Gasteiger charge is -2.08. The lowest BCUT2D eigenvalue weighted by molar-refractivity contribution is -0.113. The SMILES string of the molecule is N=C(N)SCC(=O)Nc1cccc2ccccc12. The van der Waals surface area contributed by atoms with Crippen molar-refractivity contribution < 1.29 is 4.79 Å². The summed E-state index contributed by atoms with van der Waals surface area (Å²) < 4.78 is 0. The zero-order valence-corrected chi connectivity index (χ0v) is 10.5. The molecule has 2 aromatic carbocycles. The Hall–Kier alpha value is -2.01. The molecule has 0 bridgehead atoms. The van der Waals surface area contributed by atoms with E-state index in [1.54, 1.807) is 0 Å². The van der Waals surface area contributed by atoms with Gasteiger partial charge in [0.15, 0.2) is 5.17 Å². The number of carbonyl (C=O) groups is 1. The summed E-state index contributed by atoms with van der Waals surface area (Å²) in [5.41, 5.74) is 5.97. The summed E-state index contributed by atoms with van der Waals surface area (Å²) in [6, 6.07) is 13.6. The van der Waals surface area contributed by atoms with Gasteiger partial charge < -0.3 is 11.1 Å². The van der Waals surface area contributed by atoms with Crippen LogP contribution in [-0.2, 0) is 4.79 Å². The fourth-order valence-corrected chi connectivity index (χ4v) is 2.02. The van der Waals surface area contributed by atoms with E-state index < -0.39 is 0 Å². The third-order valence-corrected chi connectivity index (χ3v) is 3.14. The highest BCUT2D eigenvalue weighted by molar-refractivity contribution is 8.14. The highest BCUT2D eigenvalue weighted by Crippen LogP contribution is 2.22. The second-order valence-corrected chi connectivity index (χ2v) is 4.74. The number of thioether (sulfide) groups is 1. The molecule has 1 amide bonds. The molecule has 0 aliphatic heterocycles. The Bertz CT molecular complexity index is 592. The van der Waals surface area contributed by atoms with Crippen LogP contribution in [0.15, 0.2) is 42.5 Å². The first-order valence-corrected chi connectivity index (χ1v) is 6.40. The van der Waals surface area contributed by atoms with Gasteiger partial charge in [-0.1, -0.05) is 48.2 Å². The van der Waals surface area contributed by atoms with Gasteiger partial charge >= 0.3 is 0 Å². The minimum atomic E-state index is -0.161. The number of hydrogen-bond acceptors (Lipinski definition) is 3. The third kappa shape index (κ3) is 3.01. The van der Waals surface area contributed by atoms with Crippen LogP contribution in [0.2, 0.25) is 0 Å². The molecule has 0 saturated carbocycles. The van der Waals surface area contributed by atoms with Gasteiger partial charge in [-0.25, -0.2) is 0 Å². The Morgan fingerprint density at radius 3 is 2.72 bits per heavy atom. The molecule has 0 radical (unpaired) electrons. The maximum Gasteiger partial charge on any atom is 0.234 e. The van der Waals surface area contributed by atoms with Gasteiger partial charge in [0.1, 0.15) is 0 Å². The average Bonchev–Trinajstić information content (AvgIpc) is 2.37. The average molecular weight is 259 g/mol. The van der Waals surface area contributed by atoms with Crippen LogP contribution in [0.1, 0.15) is 0 Å². The lowest BCUT2D eigenvalue weighted by atomic mass is 10.1. The summed E-state index contributed by atoms with van der Waals surface area (Å²) in [6.45, 7) is 0. The van der Waals surface area contributed by atoms with Gasteiger partial charge in [-0.05, 0) is 11.5 Å². The van der Waals surface area contributed by atoms with Crippen molar-refractivity contribution in [3.05, 3.63) is 42.5 Å². The summed E-state index contributed by atoms with van der Waals surface area (Å²) >= 11 is 1.01. The minimum absolute atomic E-state index is 0.0527. The number of anilines is 1. The normalized spacial score (nSPS) is 10.2. The molecule has 0 heterocycles. The Labute approximate surface area is 109 Å². The highest BCUT2D eigenvalue weighted by Gasteiger charge is 2.06. The summed E-state index contributed by atoms with van der Waals surface area (Å²) in [4.78, 5) is 11.7. The summed E-state index contributed by atoms with van der Waals surface area (Å²) in [6.07, 6.45) is 0. The molecule has 92 valence electrons. The zero-order valence-electron chi connectivity index (χ0n) is 9.64. The molecule has 0 saturated heterocycles. The smallest absolute Gasteiger partial charge is 0.234 e. The summed E-state index contributed by atoms with van der Waals surface area (Å²) in [7, 11) is 0. The second kappa shape index (κ2) is 5.55.